The molecule has 6 aromatic carbocycles. The van der Waals surface area contributed by atoms with Crippen LogP contribution in [0.1, 0.15) is 69.4 Å². The summed E-state index contributed by atoms with van der Waals surface area (Å²) in [6.07, 6.45) is 1.95. The summed E-state index contributed by atoms with van der Waals surface area (Å²) < 4.78 is 9.13. The number of ether oxygens (including phenoxy) is 1. The van der Waals surface area contributed by atoms with E-state index in [-0.39, 0.29) is 10.8 Å². The first-order valence-electron chi connectivity index (χ1n) is 20.4. The number of aryl methyl sites for hydroxylation is 3. The third-order valence-electron chi connectivity index (χ3n) is 11.6. The minimum Gasteiger partial charge on any atom is -0.457 e. The summed E-state index contributed by atoms with van der Waals surface area (Å²) in [5, 5.41) is 2.37. The van der Waals surface area contributed by atoms with E-state index in [1.807, 2.05) is 12.3 Å². The fourth-order valence-corrected chi connectivity index (χ4v) is 8.93. The van der Waals surface area contributed by atoms with Crippen LogP contribution in [0.3, 0.4) is 0 Å². The molecule has 0 saturated carbocycles. The molecule has 9 rings (SSSR count). The third-order valence-corrected chi connectivity index (χ3v) is 11.6. The quantitative estimate of drug-likeness (QED) is 0.169. The molecule has 0 saturated heterocycles. The van der Waals surface area contributed by atoms with Crippen molar-refractivity contribution < 1.29 is 4.74 Å². The fourth-order valence-electron chi connectivity index (χ4n) is 8.93. The largest absolute Gasteiger partial charge is 0.457 e. The summed E-state index contributed by atoms with van der Waals surface area (Å²) >= 11 is 0. The van der Waals surface area contributed by atoms with Crippen LogP contribution in [0.2, 0.25) is 0 Å². The Morgan fingerprint density at radius 1 is 0.569 bits per heavy atom. The lowest BCUT2D eigenvalue weighted by molar-refractivity contribution is 0.483. The monoisotopic (exact) mass is 760 g/mol. The lowest BCUT2D eigenvalue weighted by Gasteiger charge is -2.25. The van der Waals surface area contributed by atoms with Crippen LogP contribution in [0.25, 0.3) is 38.8 Å². The maximum Gasteiger partial charge on any atom is 0.138 e. The van der Waals surface area contributed by atoms with Crippen LogP contribution in [0.4, 0.5) is 22.7 Å². The SMILES string of the molecule is Cc1cc(C)c(-c2ccnc(-n3c4cc(Oc5cccc(N6CN(c7cccc(C(C)(C)C)c7)c7ccccc76)c5)ccc4c4cccc(C(C)(C)C)c43)c2)c(C)c1. The van der Waals surface area contributed by atoms with E-state index in [0.717, 1.165) is 34.1 Å². The first-order chi connectivity index (χ1) is 27.7. The van der Waals surface area contributed by atoms with Gasteiger partial charge in [-0.25, -0.2) is 4.98 Å². The highest BCUT2D eigenvalue weighted by molar-refractivity contribution is 6.11. The molecule has 5 heteroatoms. The molecule has 290 valence electrons. The van der Waals surface area contributed by atoms with Gasteiger partial charge in [0.15, 0.2) is 0 Å². The normalized spacial score (nSPS) is 13.1. The maximum atomic E-state index is 6.79. The second-order valence-electron chi connectivity index (χ2n) is 18.0. The molecule has 0 atom stereocenters. The van der Waals surface area contributed by atoms with Crippen LogP contribution >= 0.6 is 0 Å². The Bertz CT molecular complexity index is 2850. The predicted octanol–water partition coefficient (Wildman–Crippen LogP) is 14.4. The van der Waals surface area contributed by atoms with Crippen molar-refractivity contribution in [2.75, 3.05) is 16.5 Å². The second kappa shape index (κ2) is 13.9. The molecule has 8 aromatic rings. The van der Waals surface area contributed by atoms with Crippen molar-refractivity contribution in [1.29, 1.82) is 0 Å². The van der Waals surface area contributed by atoms with Crippen molar-refractivity contribution in [3.8, 4) is 28.4 Å². The molecule has 0 unspecified atom stereocenters. The van der Waals surface area contributed by atoms with Gasteiger partial charge in [0.1, 0.15) is 24.0 Å². The molecule has 58 heavy (non-hydrogen) atoms. The Kier molecular flexibility index (Phi) is 8.96. The van der Waals surface area contributed by atoms with E-state index in [4.69, 9.17) is 9.72 Å². The van der Waals surface area contributed by atoms with Crippen molar-refractivity contribution in [3.05, 3.63) is 167 Å². The van der Waals surface area contributed by atoms with Crippen LogP contribution in [0.15, 0.2) is 140 Å². The minimum absolute atomic E-state index is 0.0626. The number of anilines is 4. The summed E-state index contributed by atoms with van der Waals surface area (Å²) in [4.78, 5) is 9.83. The molecular formula is C53H52N4O. The zero-order valence-electron chi connectivity index (χ0n) is 35.2. The fraction of sp³-hybridized carbons (Fsp3) is 0.226. The molecule has 0 spiro atoms. The van der Waals surface area contributed by atoms with E-state index in [0.29, 0.717) is 6.67 Å². The second-order valence-corrected chi connectivity index (χ2v) is 18.0. The van der Waals surface area contributed by atoms with Crippen LogP contribution in [-0.2, 0) is 10.8 Å². The molecule has 0 radical (unpaired) electrons. The van der Waals surface area contributed by atoms with Crippen molar-refractivity contribution in [2.24, 2.45) is 0 Å². The summed E-state index contributed by atoms with van der Waals surface area (Å²) in [6, 6.07) is 48.2. The van der Waals surface area contributed by atoms with E-state index in [2.05, 4.69) is 204 Å². The van der Waals surface area contributed by atoms with E-state index in [1.165, 1.54) is 66.7 Å². The lowest BCUT2D eigenvalue weighted by Crippen LogP contribution is -2.24. The van der Waals surface area contributed by atoms with Gasteiger partial charge in [-0.05, 0) is 126 Å². The number of hydrogen-bond acceptors (Lipinski definition) is 4. The average molecular weight is 761 g/mol. The maximum absolute atomic E-state index is 6.79. The van der Waals surface area contributed by atoms with E-state index in [1.54, 1.807) is 0 Å². The molecule has 0 N–H and O–H groups in total. The summed E-state index contributed by atoms with van der Waals surface area (Å²) in [5.74, 6) is 2.44. The van der Waals surface area contributed by atoms with Gasteiger partial charge in [-0.2, -0.15) is 0 Å². The number of aromatic nitrogens is 2. The molecule has 2 aromatic heterocycles. The Balaban J connectivity index is 1.12. The predicted molar refractivity (Wildman–Crippen MR) is 244 cm³/mol. The molecular weight excluding hydrogens is 709 g/mol. The van der Waals surface area contributed by atoms with Gasteiger partial charge in [0, 0.05) is 40.5 Å². The number of para-hydroxylation sites is 3. The lowest BCUT2D eigenvalue weighted by atomic mass is 9.85. The van der Waals surface area contributed by atoms with Gasteiger partial charge in [0.05, 0.1) is 22.4 Å². The van der Waals surface area contributed by atoms with Crippen molar-refractivity contribution in [1.82, 2.24) is 9.55 Å². The number of benzene rings is 6. The Morgan fingerprint density at radius 3 is 1.91 bits per heavy atom. The summed E-state index contributed by atoms with van der Waals surface area (Å²) in [7, 11) is 0. The number of hydrogen-bond donors (Lipinski definition) is 0. The smallest absolute Gasteiger partial charge is 0.138 e. The number of nitrogens with zero attached hydrogens (tertiary/aromatic N) is 4. The van der Waals surface area contributed by atoms with Crippen LogP contribution in [0.5, 0.6) is 11.5 Å². The van der Waals surface area contributed by atoms with Gasteiger partial charge >= 0.3 is 0 Å². The molecule has 3 heterocycles. The summed E-state index contributed by atoms with van der Waals surface area (Å²) in [6.45, 7) is 20.9. The van der Waals surface area contributed by atoms with E-state index >= 15 is 0 Å². The number of fused-ring (bicyclic) bond motifs is 4. The topological polar surface area (TPSA) is 33.5 Å². The Morgan fingerprint density at radius 2 is 1.22 bits per heavy atom. The van der Waals surface area contributed by atoms with Gasteiger partial charge in [-0.15, -0.1) is 0 Å². The molecule has 0 aliphatic carbocycles. The van der Waals surface area contributed by atoms with Crippen molar-refractivity contribution >= 4 is 44.6 Å². The van der Waals surface area contributed by atoms with Crippen LogP contribution in [-0.4, -0.2) is 16.2 Å². The van der Waals surface area contributed by atoms with E-state index in [9.17, 15) is 0 Å². The van der Waals surface area contributed by atoms with Crippen molar-refractivity contribution in [3.63, 3.8) is 0 Å². The third kappa shape index (κ3) is 6.58. The Hall–Kier alpha value is -6.33. The van der Waals surface area contributed by atoms with Gasteiger partial charge in [0.25, 0.3) is 0 Å². The van der Waals surface area contributed by atoms with Gasteiger partial charge in [-0.1, -0.05) is 108 Å². The molecule has 0 fully saturated rings. The number of pyridine rings is 1. The molecule has 1 aliphatic rings. The Labute approximate surface area is 343 Å². The van der Waals surface area contributed by atoms with Gasteiger partial charge in [0.2, 0.25) is 0 Å². The molecule has 0 amide bonds. The van der Waals surface area contributed by atoms with Crippen molar-refractivity contribution in [2.45, 2.75) is 73.1 Å². The first kappa shape index (κ1) is 37.3. The van der Waals surface area contributed by atoms with Crippen LogP contribution < -0.4 is 14.5 Å². The zero-order chi connectivity index (χ0) is 40.5. The minimum atomic E-state index is -0.0910. The zero-order valence-corrected chi connectivity index (χ0v) is 35.2. The van der Waals surface area contributed by atoms with Gasteiger partial charge < -0.3 is 14.5 Å². The highest BCUT2D eigenvalue weighted by Crippen LogP contribution is 2.46. The number of rotatable bonds is 6. The highest BCUT2D eigenvalue weighted by atomic mass is 16.5. The molecule has 0 bridgehead atoms. The standard InChI is InChI=1S/C53H52N4O/c1-34-27-35(2)50(36(3)28-34)37-25-26-54-49(29-37)57-48-32-42(23-24-43(48)44-19-14-20-45(51(44)57)53(7,8)9)58-41-18-13-17-40(31-41)56-33-55(46-21-10-11-22-47(46)56)39-16-12-15-38(30-39)52(4,5)6/h10-32H,33H2,1-9H3. The molecule has 5 nitrogen and oxygen atoms in total. The summed E-state index contributed by atoms with van der Waals surface area (Å²) in [5.41, 5.74) is 15.7. The van der Waals surface area contributed by atoms with Gasteiger partial charge in [-0.3, -0.25) is 4.57 Å². The first-order valence-corrected chi connectivity index (χ1v) is 20.4. The van der Waals surface area contributed by atoms with E-state index < -0.39 is 0 Å². The average Bonchev–Trinajstić information content (AvgIpc) is 3.73. The highest BCUT2D eigenvalue weighted by Gasteiger charge is 2.29. The molecule has 1 aliphatic heterocycles. The van der Waals surface area contributed by atoms with Crippen LogP contribution in [0, 0.1) is 20.8 Å².